The number of hydrogen-bond acceptors (Lipinski definition) is 6. The SMILES string of the molecule is O=C(NCc1ccccc1)c1cc(NS(=O)(=O)c2cccs2)ccc1N1CCNCC1. The van der Waals surface area contributed by atoms with Crippen LogP contribution >= 0.6 is 11.3 Å². The Morgan fingerprint density at radius 3 is 2.52 bits per heavy atom. The smallest absolute Gasteiger partial charge is 0.271 e. The van der Waals surface area contributed by atoms with Crippen molar-refractivity contribution in [3.63, 3.8) is 0 Å². The van der Waals surface area contributed by atoms with Gasteiger partial charge in [0.15, 0.2) is 0 Å². The zero-order chi connectivity index (χ0) is 21.7. The largest absolute Gasteiger partial charge is 0.368 e. The Labute approximate surface area is 186 Å². The third kappa shape index (κ3) is 5.25. The van der Waals surface area contributed by atoms with Gasteiger partial charge in [-0.15, -0.1) is 11.3 Å². The number of carbonyl (C=O) groups is 1. The highest BCUT2D eigenvalue weighted by Crippen LogP contribution is 2.27. The minimum absolute atomic E-state index is 0.230. The van der Waals surface area contributed by atoms with E-state index in [0.717, 1.165) is 48.8 Å². The van der Waals surface area contributed by atoms with Crippen molar-refractivity contribution in [3.8, 4) is 0 Å². The Morgan fingerprint density at radius 1 is 1.03 bits per heavy atom. The molecule has 1 amide bonds. The van der Waals surface area contributed by atoms with Crippen LogP contribution in [0.3, 0.4) is 0 Å². The number of rotatable bonds is 7. The van der Waals surface area contributed by atoms with Crippen LogP contribution in [0.25, 0.3) is 0 Å². The summed E-state index contributed by atoms with van der Waals surface area (Å²) in [7, 11) is -3.69. The van der Waals surface area contributed by atoms with Crippen molar-refractivity contribution in [1.29, 1.82) is 0 Å². The Kier molecular flexibility index (Phi) is 6.55. The Balaban J connectivity index is 1.60. The molecule has 0 radical (unpaired) electrons. The molecule has 1 saturated heterocycles. The molecular weight excluding hydrogens is 432 g/mol. The highest BCUT2D eigenvalue weighted by atomic mass is 32.2. The van der Waals surface area contributed by atoms with Gasteiger partial charge in [0.2, 0.25) is 0 Å². The standard InChI is InChI=1S/C22H24N4O3S2/c27-22(24-16-17-5-2-1-3-6-17)19-15-18(25-31(28,29)21-7-4-14-30-21)8-9-20(19)26-12-10-23-11-13-26/h1-9,14-15,23,25H,10-13,16H2,(H,24,27). The molecule has 3 N–H and O–H groups in total. The monoisotopic (exact) mass is 456 g/mol. The van der Waals surface area contributed by atoms with E-state index in [1.165, 1.54) is 0 Å². The zero-order valence-electron chi connectivity index (χ0n) is 16.9. The van der Waals surface area contributed by atoms with E-state index in [2.05, 4.69) is 20.3 Å². The van der Waals surface area contributed by atoms with Gasteiger partial charge < -0.3 is 15.5 Å². The summed E-state index contributed by atoms with van der Waals surface area (Å²) in [6.45, 7) is 3.61. The van der Waals surface area contributed by atoms with Crippen molar-refractivity contribution < 1.29 is 13.2 Å². The normalized spacial score (nSPS) is 14.3. The molecule has 0 aliphatic carbocycles. The van der Waals surface area contributed by atoms with E-state index in [1.54, 1.807) is 29.6 Å². The van der Waals surface area contributed by atoms with Gasteiger partial charge >= 0.3 is 0 Å². The summed E-state index contributed by atoms with van der Waals surface area (Å²) in [5, 5.41) is 7.97. The highest BCUT2D eigenvalue weighted by molar-refractivity contribution is 7.94. The van der Waals surface area contributed by atoms with Crippen LogP contribution in [0.15, 0.2) is 70.3 Å². The van der Waals surface area contributed by atoms with Crippen LogP contribution in [-0.2, 0) is 16.6 Å². The molecule has 1 fully saturated rings. The lowest BCUT2D eigenvalue weighted by molar-refractivity contribution is 0.0951. The van der Waals surface area contributed by atoms with Crippen LogP contribution in [0, 0.1) is 0 Å². The number of thiophene rings is 1. The fourth-order valence-corrected chi connectivity index (χ4v) is 5.50. The number of nitrogens with zero attached hydrogens (tertiary/aromatic N) is 1. The number of amides is 1. The lowest BCUT2D eigenvalue weighted by Gasteiger charge is -2.31. The third-order valence-corrected chi connectivity index (χ3v) is 7.79. The van der Waals surface area contributed by atoms with Crippen LogP contribution < -0.4 is 20.3 Å². The van der Waals surface area contributed by atoms with Crippen LogP contribution in [0.1, 0.15) is 15.9 Å². The maximum atomic E-state index is 13.1. The molecular formula is C22H24N4O3S2. The number of piperazine rings is 1. The molecule has 7 nitrogen and oxygen atoms in total. The molecule has 4 rings (SSSR count). The summed E-state index contributed by atoms with van der Waals surface area (Å²) in [6, 6.07) is 18.0. The molecule has 1 aliphatic heterocycles. The molecule has 1 aromatic heterocycles. The van der Waals surface area contributed by atoms with Gasteiger partial charge in [-0.2, -0.15) is 0 Å². The molecule has 0 spiro atoms. The van der Waals surface area contributed by atoms with Gasteiger partial charge in [0, 0.05) is 44.1 Å². The lowest BCUT2D eigenvalue weighted by atomic mass is 10.1. The molecule has 31 heavy (non-hydrogen) atoms. The molecule has 0 atom stereocenters. The van der Waals surface area contributed by atoms with Gasteiger partial charge in [0.1, 0.15) is 4.21 Å². The summed E-state index contributed by atoms with van der Waals surface area (Å²) >= 11 is 1.15. The average molecular weight is 457 g/mol. The number of carbonyl (C=O) groups excluding carboxylic acids is 1. The molecule has 162 valence electrons. The van der Waals surface area contributed by atoms with E-state index in [0.29, 0.717) is 17.8 Å². The topological polar surface area (TPSA) is 90.5 Å². The zero-order valence-corrected chi connectivity index (χ0v) is 18.5. The fraction of sp³-hybridized carbons (Fsp3) is 0.227. The molecule has 0 saturated carbocycles. The summed E-state index contributed by atoms with van der Waals surface area (Å²) in [5.41, 5.74) is 2.60. The Morgan fingerprint density at radius 2 is 1.81 bits per heavy atom. The maximum absolute atomic E-state index is 13.1. The number of hydrogen-bond donors (Lipinski definition) is 3. The second kappa shape index (κ2) is 9.51. The number of benzene rings is 2. The van der Waals surface area contributed by atoms with E-state index in [9.17, 15) is 13.2 Å². The predicted molar refractivity (Wildman–Crippen MR) is 124 cm³/mol. The third-order valence-electron chi connectivity index (χ3n) is 5.01. The van der Waals surface area contributed by atoms with Crippen LogP contribution in [0.2, 0.25) is 0 Å². The van der Waals surface area contributed by atoms with Gasteiger partial charge in [-0.1, -0.05) is 36.4 Å². The molecule has 0 unspecified atom stereocenters. The summed E-state index contributed by atoms with van der Waals surface area (Å²) in [4.78, 5) is 15.2. The summed E-state index contributed by atoms with van der Waals surface area (Å²) in [6.07, 6.45) is 0. The maximum Gasteiger partial charge on any atom is 0.271 e. The van der Waals surface area contributed by atoms with Crippen molar-refractivity contribution in [2.75, 3.05) is 35.8 Å². The minimum atomic E-state index is -3.69. The van der Waals surface area contributed by atoms with Gasteiger partial charge in [-0.05, 0) is 35.2 Å². The van der Waals surface area contributed by atoms with E-state index in [-0.39, 0.29) is 10.1 Å². The molecule has 0 bridgehead atoms. The van der Waals surface area contributed by atoms with Crippen molar-refractivity contribution in [1.82, 2.24) is 10.6 Å². The summed E-state index contributed by atoms with van der Waals surface area (Å²) < 4.78 is 28.1. The second-order valence-corrected chi connectivity index (χ2v) is 10.0. The number of anilines is 2. The van der Waals surface area contributed by atoms with Gasteiger partial charge in [0.25, 0.3) is 15.9 Å². The molecule has 2 heterocycles. The first-order valence-corrected chi connectivity index (χ1v) is 12.4. The first-order valence-electron chi connectivity index (χ1n) is 10.0. The molecule has 3 aromatic rings. The fourth-order valence-electron chi connectivity index (χ4n) is 3.46. The molecule has 9 heteroatoms. The van der Waals surface area contributed by atoms with Crippen molar-refractivity contribution >= 4 is 38.6 Å². The summed E-state index contributed by atoms with van der Waals surface area (Å²) in [5.74, 6) is -0.241. The quantitative estimate of drug-likeness (QED) is 0.509. The Hall–Kier alpha value is -2.88. The van der Waals surface area contributed by atoms with E-state index in [1.807, 2.05) is 36.4 Å². The van der Waals surface area contributed by atoms with Crippen molar-refractivity contribution in [2.45, 2.75) is 10.8 Å². The molecule has 1 aliphatic rings. The van der Waals surface area contributed by atoms with Crippen molar-refractivity contribution in [2.24, 2.45) is 0 Å². The van der Waals surface area contributed by atoms with Crippen LogP contribution in [0.4, 0.5) is 11.4 Å². The van der Waals surface area contributed by atoms with Gasteiger partial charge in [-0.25, -0.2) is 8.42 Å². The predicted octanol–water partition coefficient (Wildman–Crippen LogP) is 2.89. The first-order chi connectivity index (χ1) is 15.0. The minimum Gasteiger partial charge on any atom is -0.368 e. The Bertz CT molecular complexity index is 1130. The lowest BCUT2D eigenvalue weighted by Crippen LogP contribution is -2.44. The molecule has 2 aromatic carbocycles. The number of nitrogens with one attached hydrogen (secondary N) is 3. The average Bonchev–Trinajstić information content (AvgIpc) is 3.35. The second-order valence-electron chi connectivity index (χ2n) is 7.17. The van der Waals surface area contributed by atoms with Crippen molar-refractivity contribution in [3.05, 3.63) is 77.2 Å². The highest BCUT2D eigenvalue weighted by Gasteiger charge is 2.21. The van der Waals surface area contributed by atoms with E-state index < -0.39 is 10.0 Å². The van der Waals surface area contributed by atoms with E-state index >= 15 is 0 Å². The van der Waals surface area contributed by atoms with E-state index in [4.69, 9.17) is 0 Å². The first kappa shape index (κ1) is 21.4. The van der Waals surface area contributed by atoms with Crippen LogP contribution in [-0.4, -0.2) is 40.5 Å². The number of sulfonamides is 1. The van der Waals surface area contributed by atoms with Gasteiger partial charge in [0.05, 0.1) is 5.56 Å². The van der Waals surface area contributed by atoms with Gasteiger partial charge in [-0.3, -0.25) is 9.52 Å². The van der Waals surface area contributed by atoms with Crippen LogP contribution in [0.5, 0.6) is 0 Å².